The molecule has 3 aliphatic carbocycles. The fraction of sp³-hybridized carbons (Fsp3) is 0.0545. The molecule has 0 amide bonds. The van der Waals surface area contributed by atoms with Gasteiger partial charge < -0.3 is 4.90 Å². The number of para-hydroxylation sites is 3. The van der Waals surface area contributed by atoms with E-state index in [4.69, 9.17) is 9.97 Å². The van der Waals surface area contributed by atoms with E-state index in [0.717, 1.165) is 50.8 Å². The van der Waals surface area contributed by atoms with Crippen molar-refractivity contribution >= 4 is 28.0 Å². The highest BCUT2D eigenvalue weighted by Crippen LogP contribution is 2.67. The third kappa shape index (κ3) is 4.90. The Morgan fingerprint density at radius 3 is 1.73 bits per heavy atom. The van der Waals surface area contributed by atoms with Crippen LogP contribution in [0.25, 0.3) is 50.6 Å². The van der Waals surface area contributed by atoms with Gasteiger partial charge in [0, 0.05) is 50.9 Å². The van der Waals surface area contributed by atoms with Crippen molar-refractivity contribution in [3.8, 4) is 39.7 Å². The van der Waals surface area contributed by atoms with Crippen LogP contribution in [0, 0.1) is 5.92 Å². The molecule has 4 heteroatoms. The van der Waals surface area contributed by atoms with Gasteiger partial charge in [0.05, 0.1) is 33.7 Å². The first-order valence-electron chi connectivity index (χ1n) is 20.4. The monoisotopic (exact) mass is 754 g/mol. The number of fused-ring (bicyclic) bond motifs is 12. The van der Waals surface area contributed by atoms with Crippen molar-refractivity contribution in [2.24, 2.45) is 5.92 Å². The first-order chi connectivity index (χ1) is 29.3. The Kier molecular flexibility index (Phi) is 7.54. The number of hydrogen-bond acceptors (Lipinski definition) is 3. The van der Waals surface area contributed by atoms with Gasteiger partial charge in [0.25, 0.3) is 0 Å². The van der Waals surface area contributed by atoms with Crippen LogP contribution < -0.4 is 4.90 Å². The Hall–Kier alpha value is -7.56. The van der Waals surface area contributed by atoms with Crippen LogP contribution in [0.3, 0.4) is 0 Å². The molecule has 3 unspecified atom stereocenters. The van der Waals surface area contributed by atoms with Crippen molar-refractivity contribution in [3.05, 3.63) is 241 Å². The average molecular weight is 755 g/mol. The van der Waals surface area contributed by atoms with Crippen LogP contribution in [0.1, 0.15) is 28.2 Å². The highest BCUT2D eigenvalue weighted by atomic mass is 15.2. The van der Waals surface area contributed by atoms with Crippen LogP contribution >= 0.6 is 0 Å². The predicted octanol–water partition coefficient (Wildman–Crippen LogP) is 13.4. The van der Waals surface area contributed by atoms with Gasteiger partial charge >= 0.3 is 0 Å². The van der Waals surface area contributed by atoms with Crippen molar-refractivity contribution in [1.29, 1.82) is 0 Å². The summed E-state index contributed by atoms with van der Waals surface area (Å²) in [5.74, 6) is 1.05. The van der Waals surface area contributed by atoms with E-state index in [2.05, 4.69) is 228 Å². The Bertz CT molecular complexity index is 3010. The summed E-state index contributed by atoms with van der Waals surface area (Å²) in [6.07, 6.45) is 9.36. The summed E-state index contributed by atoms with van der Waals surface area (Å²) in [5.41, 5.74) is 15.4. The molecule has 1 spiro atoms. The maximum Gasteiger partial charge on any atom is 0.235 e. The molecule has 0 saturated carbocycles. The smallest absolute Gasteiger partial charge is 0.235 e. The van der Waals surface area contributed by atoms with Crippen molar-refractivity contribution in [1.82, 2.24) is 14.5 Å². The van der Waals surface area contributed by atoms with Gasteiger partial charge in [0.2, 0.25) is 5.95 Å². The second kappa shape index (κ2) is 13.3. The van der Waals surface area contributed by atoms with Gasteiger partial charge in [-0.15, -0.1) is 0 Å². The molecule has 3 atom stereocenters. The lowest BCUT2D eigenvalue weighted by molar-refractivity contribution is 0.468. The van der Waals surface area contributed by atoms with Crippen LogP contribution in [-0.4, -0.2) is 14.5 Å². The zero-order valence-electron chi connectivity index (χ0n) is 32.2. The van der Waals surface area contributed by atoms with E-state index >= 15 is 0 Å². The Morgan fingerprint density at radius 2 is 1.07 bits per heavy atom. The van der Waals surface area contributed by atoms with Crippen molar-refractivity contribution in [2.45, 2.75) is 11.3 Å². The molecule has 278 valence electrons. The van der Waals surface area contributed by atoms with Crippen LogP contribution in [0.2, 0.25) is 0 Å². The molecule has 9 aromatic rings. The molecule has 3 aliphatic rings. The first kappa shape index (κ1) is 33.6. The molecule has 4 nitrogen and oxygen atoms in total. The summed E-state index contributed by atoms with van der Waals surface area (Å²) in [6, 6.07) is 69.7. The minimum atomic E-state index is -0.458. The van der Waals surface area contributed by atoms with Gasteiger partial charge in [0.15, 0.2) is 0 Å². The average Bonchev–Trinajstić information content (AvgIpc) is 3.93. The van der Waals surface area contributed by atoms with E-state index in [9.17, 15) is 0 Å². The summed E-state index contributed by atoms with van der Waals surface area (Å²) < 4.78 is 2.41. The lowest BCUT2D eigenvalue weighted by Crippen LogP contribution is -2.32. The second-order valence-electron chi connectivity index (χ2n) is 15.7. The van der Waals surface area contributed by atoms with Crippen molar-refractivity contribution in [2.75, 3.05) is 4.90 Å². The zero-order chi connectivity index (χ0) is 38.9. The van der Waals surface area contributed by atoms with E-state index in [-0.39, 0.29) is 11.8 Å². The highest BCUT2D eigenvalue weighted by Gasteiger charge is 2.59. The molecule has 2 aromatic heterocycles. The minimum Gasteiger partial charge on any atom is -0.308 e. The molecule has 0 bridgehead atoms. The summed E-state index contributed by atoms with van der Waals surface area (Å²) in [6.45, 7) is 0. The molecular formula is C55H38N4. The number of nitrogens with zero attached hydrogens (tertiary/aromatic N) is 4. The highest BCUT2D eigenvalue weighted by molar-refractivity contribution is 6.07. The molecule has 0 fully saturated rings. The Balaban J connectivity index is 1.27. The minimum absolute atomic E-state index is 0.172. The maximum absolute atomic E-state index is 5.57. The molecule has 0 radical (unpaired) electrons. The van der Waals surface area contributed by atoms with E-state index in [1.807, 2.05) is 0 Å². The third-order valence-electron chi connectivity index (χ3n) is 12.7. The third-order valence-corrected chi connectivity index (χ3v) is 12.7. The van der Waals surface area contributed by atoms with Crippen LogP contribution in [0.5, 0.6) is 0 Å². The fourth-order valence-electron chi connectivity index (χ4n) is 10.4. The van der Waals surface area contributed by atoms with Crippen LogP contribution in [-0.2, 0) is 5.41 Å². The Morgan fingerprint density at radius 1 is 0.508 bits per heavy atom. The van der Waals surface area contributed by atoms with Gasteiger partial charge in [0.1, 0.15) is 0 Å². The van der Waals surface area contributed by atoms with Gasteiger partial charge in [-0.3, -0.25) is 4.57 Å². The molecule has 7 aromatic carbocycles. The van der Waals surface area contributed by atoms with Crippen LogP contribution in [0.4, 0.5) is 17.1 Å². The quantitative estimate of drug-likeness (QED) is 0.170. The van der Waals surface area contributed by atoms with Crippen molar-refractivity contribution < 1.29 is 0 Å². The molecule has 0 aliphatic heterocycles. The Labute approximate surface area is 343 Å². The lowest BCUT2D eigenvalue weighted by atomic mass is 9.65. The van der Waals surface area contributed by atoms with E-state index in [0.29, 0.717) is 5.95 Å². The predicted molar refractivity (Wildman–Crippen MR) is 241 cm³/mol. The summed E-state index contributed by atoms with van der Waals surface area (Å²) in [5, 5.41) is 1.19. The SMILES string of the molecule is C1=CC2c3ccccc3C3(c4ccccc4-c4c3c3cccc(N(c5ccccc5)c5ccccc5)c3n4-c3nc(-c4ccccc4)cc(-c4ccccc4)n3)C2C=C1. The molecule has 0 saturated heterocycles. The van der Waals surface area contributed by atoms with Gasteiger partial charge in [-0.2, -0.15) is 0 Å². The second-order valence-corrected chi connectivity index (χ2v) is 15.7. The number of benzene rings is 7. The summed E-state index contributed by atoms with van der Waals surface area (Å²) >= 11 is 0. The van der Waals surface area contributed by atoms with Gasteiger partial charge in [-0.25, -0.2) is 9.97 Å². The van der Waals surface area contributed by atoms with Crippen LogP contribution in [0.15, 0.2) is 218 Å². The van der Waals surface area contributed by atoms with E-state index in [1.165, 1.54) is 33.2 Å². The topological polar surface area (TPSA) is 34.0 Å². The normalized spacial score (nSPS) is 18.1. The number of rotatable bonds is 6. The molecule has 0 N–H and O–H groups in total. The maximum atomic E-state index is 5.57. The zero-order valence-corrected chi connectivity index (χ0v) is 32.2. The summed E-state index contributed by atoms with van der Waals surface area (Å²) in [4.78, 5) is 13.5. The number of allylic oxidation sites excluding steroid dienone is 4. The number of anilines is 3. The lowest BCUT2D eigenvalue weighted by Gasteiger charge is -2.36. The first-order valence-corrected chi connectivity index (χ1v) is 20.4. The fourth-order valence-corrected chi connectivity index (χ4v) is 10.4. The largest absolute Gasteiger partial charge is 0.308 e. The standard InChI is InChI=1S/C55H38N4/c1-5-20-37(21-6-1)48-36-49(38-22-7-2-8-23-38)57-54(56-48)59-52-44(31-19-35-50(52)58(39-24-9-3-10-25-39)40-26-11-4-12-27-40)51-53(59)43-30-15-18-34-47(43)55(51)45-32-16-13-28-41(45)42-29-14-17-33-46(42)55/h1-36,41,45H. The van der Waals surface area contributed by atoms with E-state index < -0.39 is 5.41 Å². The van der Waals surface area contributed by atoms with E-state index in [1.54, 1.807) is 0 Å². The number of aromatic nitrogens is 3. The molecular weight excluding hydrogens is 717 g/mol. The van der Waals surface area contributed by atoms with Gasteiger partial charge in [-0.1, -0.05) is 182 Å². The molecule has 59 heavy (non-hydrogen) atoms. The molecule has 2 heterocycles. The summed E-state index contributed by atoms with van der Waals surface area (Å²) in [7, 11) is 0. The number of hydrogen-bond donors (Lipinski definition) is 0. The van der Waals surface area contributed by atoms with Gasteiger partial charge in [-0.05, 0) is 53.1 Å². The van der Waals surface area contributed by atoms with Crippen molar-refractivity contribution in [3.63, 3.8) is 0 Å². The molecule has 12 rings (SSSR count).